The third kappa shape index (κ3) is 2.57. The number of anilines is 1. The summed E-state index contributed by atoms with van der Waals surface area (Å²) in [5.74, 6) is 0.0274. The van der Waals surface area contributed by atoms with Crippen LogP contribution < -0.4 is 5.32 Å². The predicted molar refractivity (Wildman–Crippen MR) is 68.1 cm³/mol. The molecule has 1 aromatic rings. The smallest absolute Gasteiger partial charge is 0.272 e. The van der Waals surface area contributed by atoms with Crippen molar-refractivity contribution < 1.29 is 4.79 Å². The number of nitrogens with one attached hydrogen (secondary N) is 1. The van der Waals surface area contributed by atoms with Gasteiger partial charge in [0.25, 0.3) is 5.91 Å². The fourth-order valence-electron chi connectivity index (χ4n) is 2.31. The van der Waals surface area contributed by atoms with Crippen LogP contribution in [0.4, 0.5) is 5.69 Å². The van der Waals surface area contributed by atoms with Crippen LogP contribution >= 0.6 is 0 Å². The minimum absolute atomic E-state index is 0.0274. The highest BCUT2D eigenvalue weighted by Crippen LogP contribution is 2.23. The van der Waals surface area contributed by atoms with Gasteiger partial charge in [0.2, 0.25) is 0 Å². The molecule has 1 fully saturated rings. The van der Waals surface area contributed by atoms with Crippen LogP contribution in [0.1, 0.15) is 36.2 Å². The molecule has 0 atom stereocenters. The van der Waals surface area contributed by atoms with Gasteiger partial charge < -0.3 is 10.2 Å². The van der Waals surface area contributed by atoms with E-state index in [0.29, 0.717) is 11.7 Å². The Morgan fingerprint density at radius 3 is 2.65 bits per heavy atom. The molecule has 1 aliphatic carbocycles. The summed E-state index contributed by atoms with van der Waals surface area (Å²) in [5.41, 5.74) is 1.45. The van der Waals surface area contributed by atoms with Gasteiger partial charge in [-0.1, -0.05) is 12.8 Å². The van der Waals surface area contributed by atoms with Gasteiger partial charge in [-0.05, 0) is 25.0 Å². The lowest BCUT2D eigenvalue weighted by atomic mass is 10.2. The molecule has 0 saturated heterocycles. The van der Waals surface area contributed by atoms with Crippen molar-refractivity contribution >= 4 is 11.6 Å². The first-order chi connectivity index (χ1) is 8.22. The zero-order chi connectivity index (χ0) is 12.3. The number of hydrogen-bond acceptors (Lipinski definition) is 3. The molecule has 1 heterocycles. The molecule has 1 amide bonds. The standard InChI is InChI=1S/C13H19N3O/c1-14-10-7-8-12(15-9-10)13(17)16(2)11-5-3-4-6-11/h7-9,11,14H,3-6H2,1-2H3. The summed E-state index contributed by atoms with van der Waals surface area (Å²) >= 11 is 0. The Bertz CT molecular complexity index is 382. The average Bonchev–Trinajstić information content (AvgIpc) is 2.91. The lowest BCUT2D eigenvalue weighted by molar-refractivity contribution is 0.0729. The second kappa shape index (κ2) is 5.17. The van der Waals surface area contributed by atoms with E-state index in [-0.39, 0.29) is 5.91 Å². The quantitative estimate of drug-likeness (QED) is 0.870. The fraction of sp³-hybridized carbons (Fsp3) is 0.538. The molecule has 1 N–H and O–H groups in total. The maximum Gasteiger partial charge on any atom is 0.272 e. The summed E-state index contributed by atoms with van der Waals surface area (Å²) < 4.78 is 0. The van der Waals surface area contributed by atoms with Crippen molar-refractivity contribution in [1.29, 1.82) is 0 Å². The number of rotatable bonds is 3. The van der Waals surface area contributed by atoms with Crippen LogP contribution in [-0.2, 0) is 0 Å². The molecular formula is C13H19N3O. The summed E-state index contributed by atoms with van der Waals surface area (Å²) in [6, 6.07) is 4.05. The van der Waals surface area contributed by atoms with Crippen molar-refractivity contribution in [2.45, 2.75) is 31.7 Å². The Labute approximate surface area is 102 Å². The molecule has 0 radical (unpaired) electrons. The number of carbonyl (C=O) groups is 1. The third-order valence-corrected chi connectivity index (χ3v) is 3.46. The number of nitrogens with zero attached hydrogens (tertiary/aromatic N) is 2. The van der Waals surface area contributed by atoms with Gasteiger partial charge in [0.15, 0.2) is 0 Å². The second-order valence-corrected chi connectivity index (χ2v) is 4.54. The minimum Gasteiger partial charge on any atom is -0.387 e. The maximum atomic E-state index is 12.2. The molecule has 1 aromatic heterocycles. The second-order valence-electron chi connectivity index (χ2n) is 4.54. The maximum absolute atomic E-state index is 12.2. The summed E-state index contributed by atoms with van der Waals surface area (Å²) in [4.78, 5) is 18.2. The highest BCUT2D eigenvalue weighted by Gasteiger charge is 2.24. The summed E-state index contributed by atoms with van der Waals surface area (Å²) in [5, 5.41) is 2.99. The summed E-state index contributed by atoms with van der Waals surface area (Å²) in [7, 11) is 3.72. The molecule has 92 valence electrons. The Hall–Kier alpha value is -1.58. The monoisotopic (exact) mass is 233 g/mol. The van der Waals surface area contributed by atoms with Crippen molar-refractivity contribution in [1.82, 2.24) is 9.88 Å². The van der Waals surface area contributed by atoms with Gasteiger partial charge in [-0.2, -0.15) is 0 Å². The molecule has 4 heteroatoms. The van der Waals surface area contributed by atoms with Crippen LogP contribution in [0.15, 0.2) is 18.3 Å². The Balaban J connectivity index is 2.07. The lowest BCUT2D eigenvalue weighted by Crippen LogP contribution is -2.35. The van der Waals surface area contributed by atoms with Crippen molar-refractivity contribution in [2.24, 2.45) is 0 Å². The highest BCUT2D eigenvalue weighted by molar-refractivity contribution is 5.92. The number of pyridine rings is 1. The van der Waals surface area contributed by atoms with Crippen molar-refractivity contribution in [3.63, 3.8) is 0 Å². The fourth-order valence-corrected chi connectivity index (χ4v) is 2.31. The van der Waals surface area contributed by atoms with Crippen LogP contribution in [-0.4, -0.2) is 35.9 Å². The molecule has 0 bridgehead atoms. The van der Waals surface area contributed by atoms with E-state index in [0.717, 1.165) is 18.5 Å². The number of carbonyl (C=O) groups excluding carboxylic acids is 1. The Morgan fingerprint density at radius 2 is 2.12 bits per heavy atom. The van der Waals surface area contributed by atoms with E-state index in [1.165, 1.54) is 12.8 Å². The van der Waals surface area contributed by atoms with Gasteiger partial charge in [0.1, 0.15) is 5.69 Å². The molecule has 1 aliphatic rings. The Kier molecular flexibility index (Phi) is 3.61. The van der Waals surface area contributed by atoms with E-state index >= 15 is 0 Å². The van der Waals surface area contributed by atoms with Gasteiger partial charge in [-0.25, -0.2) is 4.98 Å². The van der Waals surface area contributed by atoms with Crippen molar-refractivity contribution in [3.05, 3.63) is 24.0 Å². The highest BCUT2D eigenvalue weighted by atomic mass is 16.2. The van der Waals surface area contributed by atoms with Crippen LogP contribution in [0.3, 0.4) is 0 Å². The van der Waals surface area contributed by atoms with Crippen LogP contribution in [0, 0.1) is 0 Å². The molecular weight excluding hydrogens is 214 g/mol. The molecule has 4 nitrogen and oxygen atoms in total. The third-order valence-electron chi connectivity index (χ3n) is 3.46. The van der Waals surface area contributed by atoms with Gasteiger partial charge in [0, 0.05) is 20.1 Å². The van der Waals surface area contributed by atoms with Crippen LogP contribution in [0.2, 0.25) is 0 Å². The molecule has 1 saturated carbocycles. The zero-order valence-corrected chi connectivity index (χ0v) is 10.4. The van der Waals surface area contributed by atoms with E-state index in [4.69, 9.17) is 0 Å². The molecule has 0 aliphatic heterocycles. The van der Waals surface area contributed by atoms with Gasteiger partial charge >= 0.3 is 0 Å². The normalized spacial score (nSPS) is 15.9. The largest absolute Gasteiger partial charge is 0.387 e. The number of aromatic nitrogens is 1. The SMILES string of the molecule is CNc1ccc(C(=O)N(C)C2CCCC2)nc1. The first-order valence-electron chi connectivity index (χ1n) is 6.13. The first-order valence-corrected chi connectivity index (χ1v) is 6.13. The lowest BCUT2D eigenvalue weighted by Gasteiger charge is -2.23. The average molecular weight is 233 g/mol. The Morgan fingerprint density at radius 1 is 1.41 bits per heavy atom. The first kappa shape index (κ1) is 11.9. The molecule has 0 spiro atoms. The summed E-state index contributed by atoms with van der Waals surface area (Å²) in [6.45, 7) is 0. The van der Waals surface area contributed by atoms with E-state index in [1.807, 2.05) is 25.1 Å². The van der Waals surface area contributed by atoms with E-state index < -0.39 is 0 Å². The van der Waals surface area contributed by atoms with Gasteiger partial charge in [0.05, 0.1) is 11.9 Å². The zero-order valence-electron chi connectivity index (χ0n) is 10.4. The van der Waals surface area contributed by atoms with Crippen LogP contribution in [0.25, 0.3) is 0 Å². The predicted octanol–water partition coefficient (Wildman–Crippen LogP) is 2.14. The van der Waals surface area contributed by atoms with Gasteiger partial charge in [-0.3, -0.25) is 4.79 Å². The number of hydrogen-bond donors (Lipinski definition) is 1. The van der Waals surface area contributed by atoms with Crippen molar-refractivity contribution in [2.75, 3.05) is 19.4 Å². The van der Waals surface area contributed by atoms with Crippen molar-refractivity contribution in [3.8, 4) is 0 Å². The van der Waals surface area contributed by atoms with E-state index in [1.54, 1.807) is 12.3 Å². The summed E-state index contributed by atoms with van der Waals surface area (Å²) in [6.07, 6.45) is 6.40. The molecule has 0 aromatic carbocycles. The van der Waals surface area contributed by atoms with E-state index in [2.05, 4.69) is 10.3 Å². The van der Waals surface area contributed by atoms with Crippen LogP contribution in [0.5, 0.6) is 0 Å². The van der Waals surface area contributed by atoms with Gasteiger partial charge in [-0.15, -0.1) is 0 Å². The molecule has 17 heavy (non-hydrogen) atoms. The van der Waals surface area contributed by atoms with E-state index in [9.17, 15) is 4.79 Å². The number of amides is 1. The molecule has 2 rings (SSSR count). The minimum atomic E-state index is 0.0274. The topological polar surface area (TPSA) is 45.2 Å². The molecule has 0 unspecified atom stereocenters.